The Morgan fingerprint density at radius 3 is 2.93 bits per heavy atom. The van der Waals surface area contributed by atoms with E-state index in [-0.39, 0.29) is 6.42 Å². The number of nitrogens with zero attached hydrogens (tertiary/aromatic N) is 2. The number of carboxylic acid groups (broad SMARTS) is 1. The van der Waals surface area contributed by atoms with Crippen LogP contribution in [0.25, 0.3) is 0 Å². The minimum absolute atomic E-state index is 0.266. The molecule has 0 unspecified atom stereocenters. The van der Waals surface area contributed by atoms with Gasteiger partial charge in [0.05, 0.1) is 0 Å². The van der Waals surface area contributed by atoms with Gasteiger partial charge in [0.1, 0.15) is 0 Å². The molecule has 0 radical (unpaired) electrons. The van der Waals surface area contributed by atoms with Crippen LogP contribution in [0.5, 0.6) is 0 Å². The highest BCUT2D eigenvalue weighted by Crippen LogP contribution is 2.03. The average Bonchev–Trinajstić information content (AvgIpc) is 2.57. The van der Waals surface area contributed by atoms with Crippen LogP contribution in [0.3, 0.4) is 0 Å². The van der Waals surface area contributed by atoms with Crippen LogP contribution < -0.4 is 5.32 Å². The number of rotatable bonds is 7. The molecular weight excluding hydrogens is 194 g/mol. The number of hydrogen-bond donors (Lipinski definition) is 2. The zero-order valence-corrected chi connectivity index (χ0v) is 8.94. The Balaban J connectivity index is 2.03. The molecular formula is C10H17N3O2. The van der Waals surface area contributed by atoms with Crippen LogP contribution in [0.4, 0.5) is 5.95 Å². The molecule has 0 fully saturated rings. The summed E-state index contributed by atoms with van der Waals surface area (Å²) < 4.78 is 1.91. The monoisotopic (exact) mass is 211 g/mol. The Hall–Kier alpha value is -1.52. The molecule has 0 saturated carbocycles. The third kappa shape index (κ3) is 4.49. The Morgan fingerprint density at radius 1 is 1.53 bits per heavy atom. The van der Waals surface area contributed by atoms with Crippen LogP contribution in [0, 0.1) is 0 Å². The summed E-state index contributed by atoms with van der Waals surface area (Å²) in [6, 6.07) is 0. The van der Waals surface area contributed by atoms with E-state index in [4.69, 9.17) is 5.11 Å². The molecule has 0 aliphatic heterocycles. The fourth-order valence-corrected chi connectivity index (χ4v) is 1.31. The van der Waals surface area contributed by atoms with Crippen molar-refractivity contribution in [2.45, 2.75) is 25.7 Å². The summed E-state index contributed by atoms with van der Waals surface area (Å²) in [4.78, 5) is 14.4. The number of carbonyl (C=O) groups is 1. The van der Waals surface area contributed by atoms with Crippen LogP contribution in [0.1, 0.15) is 25.7 Å². The van der Waals surface area contributed by atoms with E-state index in [1.165, 1.54) is 0 Å². The first-order valence-corrected chi connectivity index (χ1v) is 5.13. The Bertz CT molecular complexity index is 309. The van der Waals surface area contributed by atoms with Crippen molar-refractivity contribution >= 4 is 11.9 Å². The van der Waals surface area contributed by atoms with E-state index in [9.17, 15) is 4.79 Å². The molecule has 15 heavy (non-hydrogen) atoms. The van der Waals surface area contributed by atoms with Crippen molar-refractivity contribution in [3.05, 3.63) is 12.4 Å². The molecule has 5 heteroatoms. The molecule has 0 bridgehead atoms. The molecule has 1 aromatic rings. The molecule has 1 aromatic heterocycles. The molecule has 2 N–H and O–H groups in total. The van der Waals surface area contributed by atoms with Gasteiger partial charge in [-0.15, -0.1) is 0 Å². The van der Waals surface area contributed by atoms with Crippen LogP contribution >= 0.6 is 0 Å². The molecule has 0 amide bonds. The normalized spacial score (nSPS) is 10.2. The minimum Gasteiger partial charge on any atom is -0.481 e. The molecule has 0 aliphatic carbocycles. The highest BCUT2D eigenvalue weighted by Gasteiger charge is 1.98. The summed E-state index contributed by atoms with van der Waals surface area (Å²) in [5.74, 6) is 0.139. The van der Waals surface area contributed by atoms with Crippen LogP contribution in [0.2, 0.25) is 0 Å². The number of aryl methyl sites for hydroxylation is 1. The molecule has 5 nitrogen and oxygen atoms in total. The van der Waals surface area contributed by atoms with Gasteiger partial charge in [0.25, 0.3) is 0 Å². The Morgan fingerprint density at radius 2 is 2.33 bits per heavy atom. The molecule has 0 spiro atoms. The maximum atomic E-state index is 10.2. The van der Waals surface area contributed by atoms with Crippen molar-refractivity contribution in [2.75, 3.05) is 11.9 Å². The number of aliphatic carboxylic acids is 1. The summed E-state index contributed by atoms with van der Waals surface area (Å²) in [5, 5.41) is 11.6. The summed E-state index contributed by atoms with van der Waals surface area (Å²) in [5.41, 5.74) is 0. The Kier molecular flexibility index (Phi) is 4.66. The average molecular weight is 211 g/mol. The molecule has 0 saturated heterocycles. The molecule has 1 heterocycles. The lowest BCUT2D eigenvalue weighted by molar-refractivity contribution is -0.137. The number of anilines is 1. The first-order valence-electron chi connectivity index (χ1n) is 5.13. The predicted octanol–water partition coefficient (Wildman–Crippen LogP) is 1.48. The predicted molar refractivity (Wildman–Crippen MR) is 57.8 cm³/mol. The van der Waals surface area contributed by atoms with E-state index in [1.54, 1.807) is 6.20 Å². The number of aromatic nitrogens is 2. The SMILES string of the molecule is Cn1ccnc1NCCCCCC(=O)O. The third-order valence-electron chi connectivity index (χ3n) is 2.17. The molecule has 0 aromatic carbocycles. The molecule has 0 atom stereocenters. The van der Waals surface area contributed by atoms with Gasteiger partial charge in [-0.2, -0.15) is 0 Å². The van der Waals surface area contributed by atoms with Gasteiger partial charge >= 0.3 is 5.97 Å². The van der Waals surface area contributed by atoms with Crippen LogP contribution in [0.15, 0.2) is 12.4 Å². The molecule has 0 aliphatic rings. The van der Waals surface area contributed by atoms with Gasteiger partial charge < -0.3 is 15.0 Å². The highest BCUT2D eigenvalue weighted by molar-refractivity contribution is 5.66. The standard InChI is InChI=1S/C10H17N3O2/c1-13-8-7-12-10(13)11-6-4-2-3-5-9(14)15/h7-8H,2-6H2,1H3,(H,11,12)(H,14,15). The van der Waals surface area contributed by atoms with E-state index in [1.807, 2.05) is 17.8 Å². The van der Waals surface area contributed by atoms with Gasteiger partial charge in [0, 0.05) is 32.4 Å². The summed E-state index contributed by atoms with van der Waals surface area (Å²) in [6.45, 7) is 0.838. The van der Waals surface area contributed by atoms with Gasteiger partial charge in [-0.05, 0) is 12.8 Å². The van der Waals surface area contributed by atoms with Crippen molar-refractivity contribution < 1.29 is 9.90 Å². The lowest BCUT2D eigenvalue weighted by Crippen LogP contribution is -2.06. The fraction of sp³-hybridized carbons (Fsp3) is 0.600. The minimum atomic E-state index is -0.716. The van der Waals surface area contributed by atoms with E-state index in [2.05, 4.69) is 10.3 Å². The lowest BCUT2D eigenvalue weighted by Gasteiger charge is -2.04. The van der Waals surface area contributed by atoms with Crippen molar-refractivity contribution in [3.8, 4) is 0 Å². The number of hydrogen-bond acceptors (Lipinski definition) is 3. The van der Waals surface area contributed by atoms with E-state index < -0.39 is 5.97 Å². The number of carboxylic acids is 1. The van der Waals surface area contributed by atoms with E-state index >= 15 is 0 Å². The molecule has 1 rings (SSSR count). The zero-order chi connectivity index (χ0) is 11.1. The topological polar surface area (TPSA) is 67.2 Å². The van der Waals surface area contributed by atoms with Crippen LogP contribution in [-0.4, -0.2) is 27.2 Å². The van der Waals surface area contributed by atoms with Gasteiger partial charge in [-0.25, -0.2) is 4.98 Å². The first kappa shape index (κ1) is 11.6. The summed E-state index contributed by atoms with van der Waals surface area (Å²) in [6.07, 6.45) is 6.55. The van der Waals surface area contributed by atoms with Crippen molar-refractivity contribution in [1.82, 2.24) is 9.55 Å². The smallest absolute Gasteiger partial charge is 0.303 e. The van der Waals surface area contributed by atoms with Crippen molar-refractivity contribution in [3.63, 3.8) is 0 Å². The first-order chi connectivity index (χ1) is 7.20. The van der Waals surface area contributed by atoms with E-state index in [0.29, 0.717) is 0 Å². The van der Waals surface area contributed by atoms with Crippen LogP contribution in [-0.2, 0) is 11.8 Å². The molecule has 84 valence electrons. The fourth-order valence-electron chi connectivity index (χ4n) is 1.31. The second-order valence-electron chi connectivity index (χ2n) is 3.49. The summed E-state index contributed by atoms with van der Waals surface area (Å²) >= 11 is 0. The Labute approximate surface area is 89.1 Å². The van der Waals surface area contributed by atoms with Crippen molar-refractivity contribution in [2.24, 2.45) is 7.05 Å². The lowest BCUT2D eigenvalue weighted by atomic mass is 10.2. The number of unbranched alkanes of at least 4 members (excludes halogenated alkanes) is 2. The van der Waals surface area contributed by atoms with Gasteiger partial charge in [0.2, 0.25) is 5.95 Å². The van der Waals surface area contributed by atoms with E-state index in [0.717, 1.165) is 31.8 Å². The number of nitrogens with one attached hydrogen (secondary N) is 1. The summed E-state index contributed by atoms with van der Waals surface area (Å²) in [7, 11) is 1.93. The quantitative estimate of drug-likeness (QED) is 0.670. The second-order valence-corrected chi connectivity index (χ2v) is 3.49. The third-order valence-corrected chi connectivity index (χ3v) is 2.17. The van der Waals surface area contributed by atoms with Gasteiger partial charge in [-0.1, -0.05) is 6.42 Å². The maximum Gasteiger partial charge on any atom is 0.303 e. The van der Waals surface area contributed by atoms with Gasteiger partial charge in [0.15, 0.2) is 0 Å². The largest absolute Gasteiger partial charge is 0.481 e. The number of imidazole rings is 1. The maximum absolute atomic E-state index is 10.2. The highest BCUT2D eigenvalue weighted by atomic mass is 16.4. The van der Waals surface area contributed by atoms with Gasteiger partial charge in [-0.3, -0.25) is 4.79 Å². The van der Waals surface area contributed by atoms with Crippen molar-refractivity contribution in [1.29, 1.82) is 0 Å². The zero-order valence-electron chi connectivity index (χ0n) is 8.94. The second kappa shape index (κ2) is 6.06.